The second-order valence-corrected chi connectivity index (χ2v) is 6.74. The molecule has 3 N–H and O–H groups in total. The third-order valence-electron chi connectivity index (χ3n) is 3.71. The van der Waals surface area contributed by atoms with E-state index in [4.69, 9.17) is 17.4 Å². The molecule has 0 radical (unpaired) electrons. The molecule has 1 saturated heterocycles. The van der Waals surface area contributed by atoms with Crippen LogP contribution in [0.25, 0.3) is 0 Å². The van der Waals surface area contributed by atoms with Gasteiger partial charge in [0.25, 0.3) is 0 Å². The molecule has 1 atom stereocenters. The highest BCUT2D eigenvalue weighted by molar-refractivity contribution is 7.99. The van der Waals surface area contributed by atoms with Gasteiger partial charge in [-0.2, -0.15) is 16.9 Å². The van der Waals surface area contributed by atoms with Gasteiger partial charge in [0.05, 0.1) is 23.0 Å². The van der Waals surface area contributed by atoms with E-state index < -0.39 is 0 Å². The van der Waals surface area contributed by atoms with Crippen LogP contribution < -0.4 is 11.3 Å². The molecule has 108 valence electrons. The zero-order valence-electron chi connectivity index (χ0n) is 11.4. The number of rotatable bonds is 6. The van der Waals surface area contributed by atoms with Gasteiger partial charge in [-0.1, -0.05) is 18.5 Å². The van der Waals surface area contributed by atoms with Gasteiger partial charge in [-0.3, -0.25) is 16.0 Å². The molecule has 0 saturated carbocycles. The average molecular weight is 303 g/mol. The van der Waals surface area contributed by atoms with E-state index in [1.807, 2.05) is 16.4 Å². The van der Waals surface area contributed by atoms with Crippen molar-refractivity contribution in [1.29, 1.82) is 0 Å². The number of hydrogen-bond acceptors (Lipinski definition) is 4. The van der Waals surface area contributed by atoms with Crippen molar-refractivity contribution in [2.24, 2.45) is 11.8 Å². The lowest BCUT2D eigenvalue weighted by molar-refractivity contribution is 0.357. The molecule has 2 heterocycles. The molecule has 0 amide bonds. The van der Waals surface area contributed by atoms with E-state index in [2.05, 4.69) is 17.4 Å². The van der Waals surface area contributed by atoms with Crippen LogP contribution in [0.1, 0.15) is 44.3 Å². The maximum atomic E-state index is 6.29. The van der Waals surface area contributed by atoms with E-state index in [9.17, 15) is 0 Å². The number of thioether (sulfide) groups is 1. The van der Waals surface area contributed by atoms with Crippen LogP contribution in [0.5, 0.6) is 0 Å². The van der Waals surface area contributed by atoms with Crippen LogP contribution in [0.15, 0.2) is 6.20 Å². The van der Waals surface area contributed by atoms with Crippen molar-refractivity contribution < 1.29 is 0 Å². The minimum absolute atomic E-state index is 0.106. The molecule has 0 aliphatic carbocycles. The third kappa shape index (κ3) is 3.88. The minimum Gasteiger partial charge on any atom is -0.271 e. The fourth-order valence-electron chi connectivity index (χ4n) is 2.68. The molecule has 1 aliphatic heterocycles. The summed E-state index contributed by atoms with van der Waals surface area (Å²) in [6, 6.07) is 0.106. The monoisotopic (exact) mass is 302 g/mol. The third-order valence-corrected chi connectivity index (χ3v) is 5.05. The van der Waals surface area contributed by atoms with E-state index >= 15 is 0 Å². The summed E-state index contributed by atoms with van der Waals surface area (Å²) in [6.45, 7) is 3.03. The summed E-state index contributed by atoms with van der Waals surface area (Å²) in [5.74, 6) is 9.03. The number of aryl methyl sites for hydroxylation is 1. The number of nitrogens with two attached hydrogens (primary N) is 1. The zero-order chi connectivity index (χ0) is 13.7. The number of nitrogens with zero attached hydrogens (tertiary/aromatic N) is 2. The predicted molar refractivity (Wildman–Crippen MR) is 82.3 cm³/mol. The molecular formula is C13H23ClN4S. The van der Waals surface area contributed by atoms with Crippen molar-refractivity contribution in [3.63, 3.8) is 0 Å². The van der Waals surface area contributed by atoms with E-state index in [0.29, 0.717) is 0 Å². The van der Waals surface area contributed by atoms with Crippen molar-refractivity contribution in [3.8, 4) is 0 Å². The van der Waals surface area contributed by atoms with Gasteiger partial charge in [0.2, 0.25) is 0 Å². The fraction of sp³-hybridized carbons (Fsp3) is 0.769. The molecular weight excluding hydrogens is 280 g/mol. The molecule has 19 heavy (non-hydrogen) atoms. The van der Waals surface area contributed by atoms with Crippen molar-refractivity contribution in [1.82, 2.24) is 15.2 Å². The molecule has 1 aromatic rings. The number of hydrazine groups is 1. The molecule has 2 rings (SSSR count). The number of hydrogen-bond donors (Lipinski definition) is 2. The second-order valence-electron chi connectivity index (χ2n) is 5.11. The highest BCUT2D eigenvalue weighted by Gasteiger charge is 2.24. The molecule has 1 fully saturated rings. The first kappa shape index (κ1) is 15.2. The Balaban J connectivity index is 2.09. The Morgan fingerprint density at radius 3 is 2.95 bits per heavy atom. The number of nitrogens with one attached hydrogen (secondary N) is 1. The molecule has 0 spiro atoms. The Kier molecular flexibility index (Phi) is 6.01. The smallest absolute Gasteiger partial charge is 0.0834 e. The first-order valence-electron chi connectivity index (χ1n) is 7.01. The Morgan fingerprint density at radius 2 is 2.32 bits per heavy atom. The number of aromatic nitrogens is 2. The van der Waals surface area contributed by atoms with Crippen LogP contribution in [0.2, 0.25) is 5.02 Å². The lowest BCUT2D eigenvalue weighted by Gasteiger charge is -2.26. The Labute approximate surface area is 124 Å². The van der Waals surface area contributed by atoms with Crippen molar-refractivity contribution in [2.45, 2.75) is 45.2 Å². The summed E-state index contributed by atoms with van der Waals surface area (Å²) in [7, 11) is 0. The maximum absolute atomic E-state index is 6.29. The molecule has 1 unspecified atom stereocenters. The molecule has 4 nitrogen and oxygen atoms in total. The highest BCUT2D eigenvalue weighted by atomic mass is 35.5. The van der Waals surface area contributed by atoms with Crippen LogP contribution in [-0.2, 0) is 6.54 Å². The van der Waals surface area contributed by atoms with Crippen LogP contribution in [0.3, 0.4) is 0 Å². The average Bonchev–Trinajstić information content (AvgIpc) is 2.79. The van der Waals surface area contributed by atoms with Gasteiger partial charge >= 0.3 is 0 Å². The van der Waals surface area contributed by atoms with Gasteiger partial charge in [0.1, 0.15) is 0 Å². The predicted octanol–water partition coefficient (Wildman–Crippen LogP) is 2.98. The van der Waals surface area contributed by atoms with Crippen molar-refractivity contribution >= 4 is 23.4 Å². The first-order valence-corrected chi connectivity index (χ1v) is 8.54. The molecule has 0 aromatic carbocycles. The summed E-state index contributed by atoms with van der Waals surface area (Å²) >= 11 is 8.34. The van der Waals surface area contributed by atoms with Gasteiger partial charge in [-0.05, 0) is 43.1 Å². The quantitative estimate of drug-likeness (QED) is 0.626. The maximum Gasteiger partial charge on any atom is 0.0834 e. The summed E-state index contributed by atoms with van der Waals surface area (Å²) in [5.41, 5.74) is 3.98. The summed E-state index contributed by atoms with van der Waals surface area (Å²) in [5, 5.41) is 5.08. The summed E-state index contributed by atoms with van der Waals surface area (Å²) < 4.78 is 1.99. The second kappa shape index (κ2) is 7.53. The molecule has 0 bridgehead atoms. The summed E-state index contributed by atoms with van der Waals surface area (Å²) in [4.78, 5) is 0. The lowest BCUT2D eigenvalue weighted by atomic mass is 9.93. The van der Waals surface area contributed by atoms with E-state index in [1.165, 1.54) is 24.3 Å². The SMILES string of the molecule is CCCn1ncc(Cl)c1C(CC1CCSCC1)NN. The Morgan fingerprint density at radius 1 is 1.58 bits per heavy atom. The van der Waals surface area contributed by atoms with Crippen LogP contribution in [-0.4, -0.2) is 21.3 Å². The summed E-state index contributed by atoms with van der Waals surface area (Å²) in [6.07, 6.45) is 6.38. The van der Waals surface area contributed by atoms with Crippen LogP contribution in [0, 0.1) is 5.92 Å². The first-order chi connectivity index (χ1) is 9.26. The Bertz CT molecular complexity index is 390. The van der Waals surface area contributed by atoms with E-state index in [1.54, 1.807) is 6.20 Å². The number of halogens is 1. The minimum atomic E-state index is 0.106. The van der Waals surface area contributed by atoms with Crippen LogP contribution >= 0.6 is 23.4 Å². The van der Waals surface area contributed by atoms with E-state index in [0.717, 1.165) is 36.0 Å². The van der Waals surface area contributed by atoms with Gasteiger partial charge < -0.3 is 0 Å². The Hall–Kier alpha value is -0.230. The largest absolute Gasteiger partial charge is 0.271 e. The standard InChI is InChI=1S/C13H23ClN4S/c1-2-5-18-13(11(14)9-16-18)12(17-15)8-10-3-6-19-7-4-10/h9-10,12,17H,2-8,15H2,1H3. The fourth-order valence-corrected chi connectivity index (χ4v) is 4.16. The van der Waals surface area contributed by atoms with Gasteiger partial charge in [0, 0.05) is 6.54 Å². The molecule has 1 aliphatic rings. The van der Waals surface area contributed by atoms with Gasteiger partial charge in [-0.25, -0.2) is 0 Å². The van der Waals surface area contributed by atoms with Gasteiger partial charge in [0.15, 0.2) is 0 Å². The topological polar surface area (TPSA) is 55.9 Å². The molecule has 6 heteroatoms. The zero-order valence-corrected chi connectivity index (χ0v) is 13.0. The van der Waals surface area contributed by atoms with Crippen LogP contribution in [0.4, 0.5) is 0 Å². The van der Waals surface area contributed by atoms with Crippen molar-refractivity contribution in [3.05, 3.63) is 16.9 Å². The highest BCUT2D eigenvalue weighted by Crippen LogP contribution is 2.33. The molecule has 1 aromatic heterocycles. The van der Waals surface area contributed by atoms with Crippen molar-refractivity contribution in [2.75, 3.05) is 11.5 Å². The van der Waals surface area contributed by atoms with Gasteiger partial charge in [-0.15, -0.1) is 0 Å². The lowest BCUT2D eigenvalue weighted by Crippen LogP contribution is -2.32. The van der Waals surface area contributed by atoms with E-state index in [-0.39, 0.29) is 6.04 Å². The normalized spacial score (nSPS) is 18.7.